The van der Waals surface area contributed by atoms with Crippen LogP contribution in [-0.2, 0) is 0 Å². The van der Waals surface area contributed by atoms with E-state index in [-0.39, 0.29) is 5.82 Å². The molecule has 0 aromatic heterocycles. The highest BCUT2D eigenvalue weighted by Crippen LogP contribution is 2.38. The number of benzene rings is 1. The minimum atomic E-state index is -0.172. The second-order valence-electron chi connectivity index (χ2n) is 5.28. The lowest BCUT2D eigenvalue weighted by Gasteiger charge is -2.34. The predicted molar refractivity (Wildman–Crippen MR) is 72.8 cm³/mol. The third-order valence-electron chi connectivity index (χ3n) is 4.06. The number of hydrogen-bond donors (Lipinski definition) is 1. The summed E-state index contributed by atoms with van der Waals surface area (Å²) in [6.45, 7) is 2.88. The summed E-state index contributed by atoms with van der Waals surface area (Å²) in [5.41, 5.74) is 7.09. The van der Waals surface area contributed by atoms with Crippen molar-refractivity contribution in [1.29, 1.82) is 0 Å². The van der Waals surface area contributed by atoms with Crippen LogP contribution < -0.4 is 5.73 Å². The fourth-order valence-electron chi connectivity index (χ4n) is 2.85. The molecule has 1 aromatic carbocycles. The Kier molecular flexibility index (Phi) is 4.36. The summed E-state index contributed by atoms with van der Waals surface area (Å²) in [4.78, 5) is 2.38. The molecule has 1 aliphatic rings. The highest BCUT2D eigenvalue weighted by atomic mass is 19.1. The third-order valence-corrected chi connectivity index (χ3v) is 4.06. The molecular weight excluding hydrogens is 227 g/mol. The van der Waals surface area contributed by atoms with Crippen LogP contribution in [0.15, 0.2) is 24.3 Å². The third kappa shape index (κ3) is 2.90. The zero-order valence-corrected chi connectivity index (χ0v) is 11.3. The summed E-state index contributed by atoms with van der Waals surface area (Å²) < 4.78 is 13.0. The summed E-state index contributed by atoms with van der Waals surface area (Å²) >= 11 is 0. The number of nitrogens with two attached hydrogens (primary N) is 1. The van der Waals surface area contributed by atoms with E-state index in [1.807, 2.05) is 12.1 Å². The van der Waals surface area contributed by atoms with Crippen molar-refractivity contribution < 1.29 is 4.39 Å². The highest BCUT2D eigenvalue weighted by Gasteiger charge is 2.35. The average molecular weight is 250 g/mol. The van der Waals surface area contributed by atoms with Crippen LogP contribution in [0.4, 0.5) is 4.39 Å². The zero-order chi connectivity index (χ0) is 13.1. The Morgan fingerprint density at radius 1 is 1.33 bits per heavy atom. The van der Waals surface area contributed by atoms with E-state index in [9.17, 15) is 4.39 Å². The molecule has 2 N–H and O–H groups in total. The van der Waals surface area contributed by atoms with Crippen LogP contribution in [0.3, 0.4) is 0 Å². The van der Waals surface area contributed by atoms with Gasteiger partial charge in [-0.1, -0.05) is 19.1 Å². The smallest absolute Gasteiger partial charge is 0.123 e. The molecule has 2 unspecified atom stereocenters. The van der Waals surface area contributed by atoms with Gasteiger partial charge in [-0.05, 0) is 49.9 Å². The topological polar surface area (TPSA) is 29.3 Å². The van der Waals surface area contributed by atoms with Gasteiger partial charge in [0.05, 0.1) is 0 Å². The maximum absolute atomic E-state index is 13.0. The number of halogens is 1. The van der Waals surface area contributed by atoms with E-state index in [4.69, 9.17) is 5.73 Å². The first-order valence-corrected chi connectivity index (χ1v) is 6.84. The van der Waals surface area contributed by atoms with Crippen molar-refractivity contribution in [1.82, 2.24) is 4.90 Å². The average Bonchev–Trinajstić information content (AvgIpc) is 3.18. The molecule has 2 nitrogen and oxygen atoms in total. The Morgan fingerprint density at radius 2 is 1.94 bits per heavy atom. The van der Waals surface area contributed by atoms with E-state index >= 15 is 0 Å². The van der Waals surface area contributed by atoms with Gasteiger partial charge < -0.3 is 5.73 Å². The van der Waals surface area contributed by atoms with Crippen LogP contribution in [0, 0.1) is 11.7 Å². The van der Waals surface area contributed by atoms with E-state index in [2.05, 4.69) is 18.9 Å². The predicted octanol–water partition coefficient (Wildman–Crippen LogP) is 2.95. The Labute approximate surface area is 109 Å². The van der Waals surface area contributed by atoms with Crippen molar-refractivity contribution >= 4 is 0 Å². The molecule has 2 rings (SSSR count). The number of nitrogens with zero attached hydrogens (tertiary/aromatic N) is 1. The van der Waals surface area contributed by atoms with Crippen LogP contribution in [0.1, 0.15) is 37.8 Å². The maximum atomic E-state index is 13.0. The first-order chi connectivity index (χ1) is 8.67. The molecule has 0 spiro atoms. The van der Waals surface area contributed by atoms with E-state index in [0.29, 0.717) is 18.6 Å². The quantitative estimate of drug-likeness (QED) is 0.841. The van der Waals surface area contributed by atoms with Gasteiger partial charge in [-0.25, -0.2) is 4.39 Å². The molecule has 1 saturated carbocycles. The van der Waals surface area contributed by atoms with E-state index in [0.717, 1.165) is 12.3 Å². The summed E-state index contributed by atoms with van der Waals surface area (Å²) in [6.07, 6.45) is 3.61. The molecule has 0 aliphatic heterocycles. The van der Waals surface area contributed by atoms with Crippen molar-refractivity contribution in [2.75, 3.05) is 13.6 Å². The van der Waals surface area contributed by atoms with Crippen LogP contribution in [-0.4, -0.2) is 24.5 Å². The van der Waals surface area contributed by atoms with Crippen LogP contribution in [0.5, 0.6) is 0 Å². The molecule has 1 aromatic rings. The molecule has 0 amide bonds. The van der Waals surface area contributed by atoms with Crippen molar-refractivity contribution in [2.45, 2.75) is 38.3 Å². The second-order valence-corrected chi connectivity index (χ2v) is 5.28. The molecule has 18 heavy (non-hydrogen) atoms. The minimum absolute atomic E-state index is 0.172. The van der Waals surface area contributed by atoms with Gasteiger partial charge in [-0.2, -0.15) is 0 Å². The Bertz CT molecular complexity index is 373. The summed E-state index contributed by atoms with van der Waals surface area (Å²) in [5.74, 6) is 0.586. The highest BCUT2D eigenvalue weighted by molar-refractivity contribution is 5.20. The fourth-order valence-corrected chi connectivity index (χ4v) is 2.85. The van der Waals surface area contributed by atoms with Gasteiger partial charge in [-0.15, -0.1) is 0 Å². The normalized spacial score (nSPS) is 18.9. The maximum Gasteiger partial charge on any atom is 0.123 e. The molecule has 3 heteroatoms. The molecule has 1 aliphatic carbocycles. The number of rotatable bonds is 6. The molecule has 1 fully saturated rings. The van der Waals surface area contributed by atoms with Gasteiger partial charge in [0.2, 0.25) is 0 Å². The number of likely N-dealkylation sites (N-methyl/N-ethyl adjacent to an activating group) is 1. The molecule has 2 atom stereocenters. The SMILES string of the molecule is CCC(c1ccc(F)cc1)N(C)C(CN)C1CC1. The lowest BCUT2D eigenvalue weighted by molar-refractivity contribution is 0.155. The summed E-state index contributed by atoms with van der Waals surface area (Å²) in [7, 11) is 2.15. The summed E-state index contributed by atoms with van der Waals surface area (Å²) in [6, 6.07) is 7.65. The molecular formula is C15H23FN2. The van der Waals surface area contributed by atoms with Crippen molar-refractivity contribution in [3.63, 3.8) is 0 Å². The molecule has 0 saturated heterocycles. The molecule has 100 valence electrons. The standard InChI is InChI=1S/C15H23FN2/c1-3-14(11-6-8-13(16)9-7-11)18(2)15(10-17)12-4-5-12/h6-9,12,14-15H,3-5,10,17H2,1-2H3. The Balaban J connectivity index is 2.13. The Hall–Kier alpha value is -0.930. The van der Waals surface area contributed by atoms with Crippen LogP contribution >= 0.6 is 0 Å². The summed E-state index contributed by atoms with van der Waals surface area (Å²) in [5, 5.41) is 0. The molecule has 0 bridgehead atoms. The fraction of sp³-hybridized carbons (Fsp3) is 0.600. The number of hydrogen-bond acceptors (Lipinski definition) is 2. The lowest BCUT2D eigenvalue weighted by Crippen LogP contribution is -2.41. The molecule has 0 heterocycles. The lowest BCUT2D eigenvalue weighted by atomic mass is 10.00. The van der Waals surface area contributed by atoms with Gasteiger partial charge in [-0.3, -0.25) is 4.90 Å². The second kappa shape index (κ2) is 5.81. The van der Waals surface area contributed by atoms with Gasteiger partial charge >= 0.3 is 0 Å². The minimum Gasteiger partial charge on any atom is -0.329 e. The zero-order valence-electron chi connectivity index (χ0n) is 11.3. The van der Waals surface area contributed by atoms with Crippen molar-refractivity contribution in [3.8, 4) is 0 Å². The van der Waals surface area contributed by atoms with E-state index in [1.165, 1.54) is 18.4 Å². The Morgan fingerprint density at radius 3 is 2.39 bits per heavy atom. The van der Waals surface area contributed by atoms with E-state index < -0.39 is 0 Å². The van der Waals surface area contributed by atoms with Crippen molar-refractivity contribution in [2.24, 2.45) is 11.7 Å². The monoisotopic (exact) mass is 250 g/mol. The molecule has 0 radical (unpaired) electrons. The largest absolute Gasteiger partial charge is 0.329 e. The first-order valence-electron chi connectivity index (χ1n) is 6.84. The van der Waals surface area contributed by atoms with Gasteiger partial charge in [0.25, 0.3) is 0 Å². The van der Waals surface area contributed by atoms with Crippen LogP contribution in [0.25, 0.3) is 0 Å². The van der Waals surface area contributed by atoms with Crippen LogP contribution in [0.2, 0.25) is 0 Å². The van der Waals surface area contributed by atoms with Crippen molar-refractivity contribution in [3.05, 3.63) is 35.6 Å². The van der Waals surface area contributed by atoms with Gasteiger partial charge in [0.1, 0.15) is 5.82 Å². The van der Waals surface area contributed by atoms with Gasteiger partial charge in [0.15, 0.2) is 0 Å². The first kappa shape index (κ1) is 13.5. The van der Waals surface area contributed by atoms with E-state index in [1.54, 1.807) is 12.1 Å². The van der Waals surface area contributed by atoms with Gasteiger partial charge in [0, 0.05) is 18.6 Å².